The van der Waals surface area contributed by atoms with Gasteiger partial charge < -0.3 is 15.0 Å². The van der Waals surface area contributed by atoms with Crippen LogP contribution < -0.4 is 10.9 Å². The smallest absolute Gasteiger partial charge is 0.267 e. The molecule has 1 amide bonds. The zero-order valence-corrected chi connectivity index (χ0v) is 14.8. The monoisotopic (exact) mass is 348 g/mol. The molecule has 0 bridgehead atoms. The summed E-state index contributed by atoms with van der Waals surface area (Å²) in [7, 11) is 0. The molecule has 2 N–H and O–H groups in total. The highest BCUT2D eigenvalue weighted by Crippen LogP contribution is 2.32. The van der Waals surface area contributed by atoms with Gasteiger partial charge in [-0.15, -0.1) is 0 Å². The second-order valence-corrected chi connectivity index (χ2v) is 6.87. The van der Waals surface area contributed by atoms with Crippen molar-refractivity contribution in [1.29, 1.82) is 0 Å². The predicted octanol–water partition coefficient (Wildman–Crippen LogP) is 3.52. The topological polar surface area (TPSA) is 71.3 Å². The van der Waals surface area contributed by atoms with Gasteiger partial charge in [-0.3, -0.25) is 9.59 Å². The molecule has 0 spiro atoms. The largest absolute Gasteiger partial charge is 0.506 e. The molecule has 26 heavy (non-hydrogen) atoms. The Hall–Kier alpha value is -3.08. The average Bonchev–Trinajstić information content (AvgIpc) is 2.62. The Morgan fingerprint density at radius 3 is 2.77 bits per heavy atom. The number of aromatic nitrogens is 1. The van der Waals surface area contributed by atoms with Crippen LogP contribution in [0.4, 0.5) is 5.69 Å². The van der Waals surface area contributed by atoms with Gasteiger partial charge >= 0.3 is 0 Å². The summed E-state index contributed by atoms with van der Waals surface area (Å²) in [4.78, 5) is 25.8. The number of hydrogen-bond acceptors (Lipinski definition) is 3. The molecule has 0 fully saturated rings. The molecule has 0 unspecified atom stereocenters. The van der Waals surface area contributed by atoms with E-state index in [4.69, 9.17) is 0 Å². The lowest BCUT2D eigenvalue weighted by molar-refractivity contribution is 0.102. The number of anilines is 1. The van der Waals surface area contributed by atoms with Gasteiger partial charge in [0.1, 0.15) is 11.3 Å². The van der Waals surface area contributed by atoms with Crippen LogP contribution in [-0.4, -0.2) is 15.6 Å². The van der Waals surface area contributed by atoms with Gasteiger partial charge in [0.25, 0.3) is 11.5 Å². The van der Waals surface area contributed by atoms with E-state index in [-0.39, 0.29) is 11.3 Å². The van der Waals surface area contributed by atoms with Gasteiger partial charge in [-0.2, -0.15) is 0 Å². The van der Waals surface area contributed by atoms with Gasteiger partial charge in [0.05, 0.1) is 5.52 Å². The Balaban J connectivity index is 1.87. The number of para-hydroxylation sites is 1. The second kappa shape index (κ2) is 6.02. The summed E-state index contributed by atoms with van der Waals surface area (Å²) in [5.74, 6) is -0.826. The van der Waals surface area contributed by atoms with Crippen molar-refractivity contribution in [2.45, 2.75) is 33.2 Å². The summed E-state index contributed by atoms with van der Waals surface area (Å²) in [6.45, 7) is 4.42. The number of hydrogen-bond donors (Lipinski definition) is 2. The Morgan fingerprint density at radius 1 is 1.19 bits per heavy atom. The van der Waals surface area contributed by atoms with Crippen LogP contribution in [0.2, 0.25) is 0 Å². The number of nitrogens with one attached hydrogen (secondary N) is 1. The highest BCUT2D eigenvalue weighted by molar-refractivity contribution is 6.09. The lowest BCUT2D eigenvalue weighted by atomic mass is 9.99. The van der Waals surface area contributed by atoms with E-state index >= 15 is 0 Å². The number of benzene rings is 2. The van der Waals surface area contributed by atoms with E-state index in [1.807, 2.05) is 38.1 Å². The average molecular weight is 348 g/mol. The molecular weight excluding hydrogens is 328 g/mol. The second-order valence-electron chi connectivity index (χ2n) is 6.87. The van der Waals surface area contributed by atoms with Crippen LogP contribution in [-0.2, 0) is 13.0 Å². The quantitative estimate of drug-likeness (QED) is 0.744. The summed E-state index contributed by atoms with van der Waals surface area (Å²) in [5.41, 5.74) is 3.76. The fraction of sp³-hybridized carbons (Fsp3) is 0.238. The zero-order valence-electron chi connectivity index (χ0n) is 14.8. The van der Waals surface area contributed by atoms with Crippen LogP contribution in [0.25, 0.3) is 10.9 Å². The highest BCUT2D eigenvalue weighted by atomic mass is 16.3. The first-order chi connectivity index (χ1) is 12.5. The van der Waals surface area contributed by atoms with Gasteiger partial charge in [-0.1, -0.05) is 29.8 Å². The minimum atomic E-state index is -0.582. The minimum Gasteiger partial charge on any atom is -0.506 e. The van der Waals surface area contributed by atoms with Crippen LogP contribution in [0, 0.1) is 13.8 Å². The minimum absolute atomic E-state index is 0.198. The third-order valence-electron chi connectivity index (χ3n) is 5.03. The molecule has 4 rings (SSSR count). The van der Waals surface area contributed by atoms with Crippen molar-refractivity contribution in [3.63, 3.8) is 0 Å². The number of rotatable bonds is 2. The van der Waals surface area contributed by atoms with Crippen LogP contribution in [0.1, 0.15) is 33.5 Å². The van der Waals surface area contributed by atoms with Crippen LogP contribution in [0.3, 0.4) is 0 Å². The van der Waals surface area contributed by atoms with Crippen LogP contribution >= 0.6 is 0 Å². The molecule has 3 aromatic rings. The van der Waals surface area contributed by atoms with Crippen molar-refractivity contribution < 1.29 is 9.90 Å². The maximum atomic E-state index is 12.9. The standard InChI is InChI=1S/C21H20N2O3/c1-12-8-9-16(13(2)11-12)22-20(25)17-19(24)15-7-3-5-14-6-4-10-23(18(14)15)21(17)26/h3,5,7-9,11,24H,4,6,10H2,1-2H3,(H,22,25). The summed E-state index contributed by atoms with van der Waals surface area (Å²) in [6, 6.07) is 11.2. The van der Waals surface area contributed by atoms with Gasteiger partial charge in [0.15, 0.2) is 0 Å². The normalized spacial score (nSPS) is 13.0. The molecule has 1 aliphatic heterocycles. The fourth-order valence-electron chi connectivity index (χ4n) is 3.76. The molecule has 0 saturated heterocycles. The zero-order chi connectivity index (χ0) is 18.4. The predicted molar refractivity (Wildman–Crippen MR) is 102 cm³/mol. The van der Waals surface area contributed by atoms with E-state index in [0.717, 1.165) is 35.0 Å². The van der Waals surface area contributed by atoms with Gasteiger partial charge in [-0.05, 0) is 49.9 Å². The molecule has 0 aliphatic carbocycles. The van der Waals surface area contributed by atoms with E-state index in [9.17, 15) is 14.7 Å². The number of nitrogens with zero attached hydrogens (tertiary/aromatic N) is 1. The Labute approximate surface area is 150 Å². The van der Waals surface area contributed by atoms with Crippen molar-refractivity contribution >= 4 is 22.5 Å². The first kappa shape index (κ1) is 16.4. The van der Waals surface area contributed by atoms with Crippen LogP contribution in [0.5, 0.6) is 5.75 Å². The number of amides is 1. The highest BCUT2D eigenvalue weighted by Gasteiger charge is 2.25. The lowest BCUT2D eigenvalue weighted by Crippen LogP contribution is -2.31. The van der Waals surface area contributed by atoms with Crippen molar-refractivity contribution in [2.75, 3.05) is 5.32 Å². The lowest BCUT2D eigenvalue weighted by Gasteiger charge is -2.21. The van der Waals surface area contributed by atoms with Gasteiger partial charge in [0, 0.05) is 17.6 Å². The molecule has 5 heteroatoms. The molecule has 0 saturated carbocycles. The maximum Gasteiger partial charge on any atom is 0.267 e. The van der Waals surface area contributed by atoms with Crippen molar-refractivity contribution in [2.24, 2.45) is 0 Å². The summed E-state index contributed by atoms with van der Waals surface area (Å²) in [5, 5.41) is 14.0. The molecule has 5 nitrogen and oxygen atoms in total. The maximum absolute atomic E-state index is 12.9. The molecule has 132 valence electrons. The van der Waals surface area contributed by atoms with Gasteiger partial charge in [-0.25, -0.2) is 0 Å². The Bertz CT molecular complexity index is 1110. The molecule has 2 aromatic carbocycles. The number of carbonyl (C=O) groups is 1. The van der Waals surface area contributed by atoms with Crippen molar-refractivity contribution in [3.05, 3.63) is 69.0 Å². The van der Waals surface area contributed by atoms with E-state index in [1.54, 1.807) is 16.7 Å². The summed E-state index contributed by atoms with van der Waals surface area (Å²) < 4.78 is 1.62. The van der Waals surface area contributed by atoms with E-state index in [2.05, 4.69) is 5.32 Å². The molecule has 2 heterocycles. The number of aryl methyl sites for hydroxylation is 4. The Morgan fingerprint density at radius 2 is 2.00 bits per heavy atom. The van der Waals surface area contributed by atoms with E-state index in [1.165, 1.54) is 0 Å². The first-order valence-corrected chi connectivity index (χ1v) is 8.73. The number of pyridine rings is 1. The van der Waals surface area contributed by atoms with E-state index < -0.39 is 11.5 Å². The Kier molecular flexibility index (Phi) is 3.80. The molecule has 1 aromatic heterocycles. The molecular formula is C21H20N2O3. The fourth-order valence-corrected chi connectivity index (χ4v) is 3.76. The summed E-state index contributed by atoms with van der Waals surface area (Å²) in [6.07, 6.45) is 1.71. The summed E-state index contributed by atoms with van der Waals surface area (Å²) >= 11 is 0. The van der Waals surface area contributed by atoms with Crippen molar-refractivity contribution in [3.8, 4) is 5.75 Å². The third kappa shape index (κ3) is 2.47. The molecule has 0 radical (unpaired) electrons. The van der Waals surface area contributed by atoms with Crippen LogP contribution in [0.15, 0.2) is 41.2 Å². The molecule has 1 aliphatic rings. The van der Waals surface area contributed by atoms with E-state index in [0.29, 0.717) is 17.6 Å². The van der Waals surface area contributed by atoms with Crippen molar-refractivity contribution in [1.82, 2.24) is 4.57 Å². The first-order valence-electron chi connectivity index (χ1n) is 8.73. The number of aromatic hydroxyl groups is 1. The SMILES string of the molecule is Cc1ccc(NC(=O)c2c(O)c3cccc4c3n(c2=O)CCC4)c(C)c1. The van der Waals surface area contributed by atoms with Gasteiger partial charge in [0.2, 0.25) is 0 Å². The third-order valence-corrected chi connectivity index (χ3v) is 5.03. The molecule has 0 atom stereocenters. The number of carbonyl (C=O) groups excluding carboxylic acids is 1.